The lowest BCUT2D eigenvalue weighted by molar-refractivity contribution is 0.557. The maximum Gasteiger partial charge on any atom is 0.128 e. The number of hydrogen-bond acceptors (Lipinski definition) is 3. The van der Waals surface area contributed by atoms with E-state index in [9.17, 15) is 0 Å². The zero-order valence-electron chi connectivity index (χ0n) is 10.8. The smallest absolute Gasteiger partial charge is 0.128 e. The van der Waals surface area contributed by atoms with E-state index < -0.39 is 0 Å². The summed E-state index contributed by atoms with van der Waals surface area (Å²) in [4.78, 5) is 6.57. The first-order chi connectivity index (χ1) is 7.54. The van der Waals surface area contributed by atoms with Crippen LogP contribution in [-0.2, 0) is 0 Å². The van der Waals surface area contributed by atoms with E-state index in [2.05, 4.69) is 36.8 Å². The van der Waals surface area contributed by atoms with Crippen LogP contribution in [0, 0.1) is 5.92 Å². The summed E-state index contributed by atoms with van der Waals surface area (Å²) in [5.74, 6) is 1.70. The molecule has 1 heterocycles. The van der Waals surface area contributed by atoms with Gasteiger partial charge in [0.1, 0.15) is 5.82 Å². The molecule has 2 atom stereocenters. The average molecular weight is 221 g/mol. The molecule has 3 nitrogen and oxygen atoms in total. The fourth-order valence-corrected chi connectivity index (χ4v) is 1.62. The van der Waals surface area contributed by atoms with Crippen molar-refractivity contribution in [2.75, 3.05) is 18.5 Å². The molecule has 1 aromatic rings. The Kier molecular flexibility index (Phi) is 4.74. The predicted molar refractivity (Wildman–Crippen MR) is 69.6 cm³/mol. The number of aromatic nitrogens is 1. The minimum Gasteiger partial charge on any atom is -0.359 e. The summed E-state index contributed by atoms with van der Waals surface area (Å²) >= 11 is 0. The van der Waals surface area contributed by atoms with E-state index >= 15 is 0 Å². The van der Waals surface area contributed by atoms with Gasteiger partial charge in [0, 0.05) is 25.8 Å². The van der Waals surface area contributed by atoms with E-state index in [1.165, 1.54) is 6.42 Å². The van der Waals surface area contributed by atoms with E-state index in [4.69, 9.17) is 5.73 Å². The Bertz CT molecular complexity index is 323. The van der Waals surface area contributed by atoms with E-state index in [1.54, 1.807) is 0 Å². The van der Waals surface area contributed by atoms with Crippen LogP contribution in [0.2, 0.25) is 0 Å². The van der Waals surface area contributed by atoms with Gasteiger partial charge in [0.25, 0.3) is 0 Å². The Morgan fingerprint density at radius 1 is 1.44 bits per heavy atom. The number of nitrogens with two attached hydrogens (primary N) is 1. The third-order valence-corrected chi connectivity index (χ3v) is 2.97. The van der Waals surface area contributed by atoms with Gasteiger partial charge in [-0.2, -0.15) is 0 Å². The van der Waals surface area contributed by atoms with Crippen molar-refractivity contribution in [3.63, 3.8) is 0 Å². The number of pyridine rings is 1. The third-order valence-electron chi connectivity index (χ3n) is 2.97. The molecular formula is C13H23N3. The second-order valence-electron chi connectivity index (χ2n) is 4.63. The lowest BCUT2D eigenvalue weighted by Gasteiger charge is -2.22. The van der Waals surface area contributed by atoms with Crippen LogP contribution in [0.5, 0.6) is 0 Å². The Balaban J connectivity index is 2.75. The number of nitrogens with zero attached hydrogens (tertiary/aromatic N) is 2. The van der Waals surface area contributed by atoms with Crippen LogP contribution >= 0.6 is 0 Å². The number of rotatable bonds is 5. The predicted octanol–water partition coefficient (Wildman–Crippen LogP) is 2.58. The fraction of sp³-hybridized carbons (Fsp3) is 0.615. The van der Waals surface area contributed by atoms with Crippen molar-refractivity contribution in [2.45, 2.75) is 33.2 Å². The highest BCUT2D eigenvalue weighted by Gasteiger charge is 2.08. The molecule has 0 bridgehead atoms. The molecular weight excluding hydrogens is 198 g/mol. The molecule has 2 N–H and O–H groups in total. The van der Waals surface area contributed by atoms with Gasteiger partial charge >= 0.3 is 0 Å². The van der Waals surface area contributed by atoms with Gasteiger partial charge in [-0.25, -0.2) is 4.98 Å². The molecule has 1 rings (SSSR count). The van der Waals surface area contributed by atoms with Crippen LogP contribution in [0.4, 0.5) is 5.82 Å². The van der Waals surface area contributed by atoms with Crippen LogP contribution in [0.25, 0.3) is 0 Å². The zero-order valence-corrected chi connectivity index (χ0v) is 10.8. The Labute approximate surface area is 98.7 Å². The second kappa shape index (κ2) is 5.85. The summed E-state index contributed by atoms with van der Waals surface area (Å²) < 4.78 is 0. The van der Waals surface area contributed by atoms with Gasteiger partial charge in [-0.15, -0.1) is 0 Å². The summed E-state index contributed by atoms with van der Waals surface area (Å²) in [6, 6.07) is 4.12. The molecule has 90 valence electrons. The maximum absolute atomic E-state index is 5.86. The van der Waals surface area contributed by atoms with Crippen molar-refractivity contribution in [1.29, 1.82) is 0 Å². The molecule has 0 aliphatic heterocycles. The largest absolute Gasteiger partial charge is 0.359 e. The highest BCUT2D eigenvalue weighted by atomic mass is 15.2. The van der Waals surface area contributed by atoms with Crippen molar-refractivity contribution in [2.24, 2.45) is 11.7 Å². The normalized spacial score (nSPS) is 14.6. The van der Waals surface area contributed by atoms with Gasteiger partial charge in [0.05, 0.1) is 0 Å². The molecule has 0 saturated carbocycles. The molecule has 3 heteroatoms. The molecule has 1 unspecified atom stereocenters. The fourth-order valence-electron chi connectivity index (χ4n) is 1.62. The lowest BCUT2D eigenvalue weighted by atomic mass is 10.1. The second-order valence-corrected chi connectivity index (χ2v) is 4.63. The molecule has 0 spiro atoms. The Hall–Kier alpha value is -1.09. The van der Waals surface area contributed by atoms with E-state index in [0.717, 1.165) is 17.9 Å². The minimum atomic E-state index is 0.0683. The van der Waals surface area contributed by atoms with Crippen LogP contribution in [-0.4, -0.2) is 18.6 Å². The van der Waals surface area contributed by atoms with Crippen molar-refractivity contribution in [3.05, 3.63) is 23.9 Å². The topological polar surface area (TPSA) is 42.1 Å². The maximum atomic E-state index is 5.86. The SMILES string of the molecule is CCC(C)CN(C)c1cc([C@H](C)N)ccn1. The van der Waals surface area contributed by atoms with Gasteiger partial charge in [-0.3, -0.25) is 0 Å². The van der Waals surface area contributed by atoms with Gasteiger partial charge in [-0.1, -0.05) is 20.3 Å². The summed E-state index contributed by atoms with van der Waals surface area (Å²) in [5.41, 5.74) is 7.00. The summed E-state index contributed by atoms with van der Waals surface area (Å²) in [7, 11) is 2.08. The molecule has 0 saturated heterocycles. The van der Waals surface area contributed by atoms with Gasteiger partial charge in [0.2, 0.25) is 0 Å². The molecule has 1 aromatic heterocycles. The highest BCUT2D eigenvalue weighted by Crippen LogP contribution is 2.17. The summed E-state index contributed by atoms with van der Waals surface area (Å²) in [6.45, 7) is 7.50. The Morgan fingerprint density at radius 2 is 2.12 bits per heavy atom. The van der Waals surface area contributed by atoms with Gasteiger partial charge < -0.3 is 10.6 Å². The van der Waals surface area contributed by atoms with Gasteiger partial charge in [-0.05, 0) is 30.5 Å². The lowest BCUT2D eigenvalue weighted by Crippen LogP contribution is -2.24. The molecule has 0 radical (unpaired) electrons. The number of hydrogen-bond donors (Lipinski definition) is 1. The monoisotopic (exact) mass is 221 g/mol. The van der Waals surface area contributed by atoms with Crippen molar-refractivity contribution >= 4 is 5.82 Å². The third kappa shape index (κ3) is 3.49. The molecule has 0 aromatic carbocycles. The van der Waals surface area contributed by atoms with Crippen molar-refractivity contribution in [1.82, 2.24) is 4.98 Å². The van der Waals surface area contributed by atoms with Gasteiger partial charge in [0.15, 0.2) is 0 Å². The molecule has 16 heavy (non-hydrogen) atoms. The standard InChI is InChI=1S/C13H23N3/c1-5-10(2)9-16(4)13-8-12(11(3)14)6-7-15-13/h6-8,10-11H,5,9,14H2,1-4H3/t10?,11-/m0/s1. The minimum absolute atomic E-state index is 0.0683. The van der Waals surface area contributed by atoms with E-state index in [1.807, 2.05) is 19.2 Å². The quantitative estimate of drug-likeness (QED) is 0.831. The number of anilines is 1. The van der Waals surface area contributed by atoms with Crippen molar-refractivity contribution in [3.8, 4) is 0 Å². The van der Waals surface area contributed by atoms with Crippen LogP contribution < -0.4 is 10.6 Å². The van der Waals surface area contributed by atoms with E-state index in [-0.39, 0.29) is 6.04 Å². The van der Waals surface area contributed by atoms with Crippen LogP contribution in [0.1, 0.15) is 38.8 Å². The zero-order chi connectivity index (χ0) is 12.1. The Morgan fingerprint density at radius 3 is 2.69 bits per heavy atom. The first-order valence-electron chi connectivity index (χ1n) is 5.97. The molecule has 0 fully saturated rings. The molecule has 0 aliphatic carbocycles. The molecule has 0 aliphatic rings. The first kappa shape index (κ1) is 13.0. The van der Waals surface area contributed by atoms with E-state index in [0.29, 0.717) is 5.92 Å². The summed E-state index contributed by atoms with van der Waals surface area (Å²) in [6.07, 6.45) is 3.03. The average Bonchev–Trinajstić information content (AvgIpc) is 2.28. The summed E-state index contributed by atoms with van der Waals surface area (Å²) in [5, 5.41) is 0. The molecule has 0 amide bonds. The van der Waals surface area contributed by atoms with Crippen LogP contribution in [0.15, 0.2) is 18.3 Å². The van der Waals surface area contributed by atoms with Crippen LogP contribution in [0.3, 0.4) is 0 Å². The highest BCUT2D eigenvalue weighted by molar-refractivity contribution is 5.40. The van der Waals surface area contributed by atoms with Crippen molar-refractivity contribution < 1.29 is 0 Å². The first-order valence-corrected chi connectivity index (χ1v) is 5.97.